The molecule has 2 saturated heterocycles. The number of aromatic nitrogens is 2. The first kappa shape index (κ1) is 15.4. The lowest BCUT2D eigenvalue weighted by Crippen LogP contribution is -2.37. The van der Waals surface area contributed by atoms with E-state index in [1.54, 1.807) is 6.07 Å². The molecule has 2 aliphatic rings. The molecule has 3 rings (SSSR count). The van der Waals surface area contributed by atoms with Gasteiger partial charge in [0.05, 0.1) is 6.61 Å². The van der Waals surface area contributed by atoms with Crippen molar-refractivity contribution >= 4 is 5.82 Å². The molecule has 3 N–H and O–H groups in total. The summed E-state index contributed by atoms with van der Waals surface area (Å²) in [7, 11) is 0. The van der Waals surface area contributed by atoms with Crippen LogP contribution >= 0.6 is 0 Å². The van der Waals surface area contributed by atoms with Gasteiger partial charge in [-0.25, -0.2) is 4.79 Å². The second-order valence-corrected chi connectivity index (χ2v) is 5.75. The Balaban J connectivity index is 1.82. The summed E-state index contributed by atoms with van der Waals surface area (Å²) in [5, 5.41) is 28.8. The molecule has 2 fully saturated rings. The normalized spacial score (nSPS) is 32.4. The Bertz CT molecular complexity index is 572. The van der Waals surface area contributed by atoms with E-state index < -0.39 is 36.8 Å². The third-order valence-corrected chi connectivity index (χ3v) is 4.29. The zero-order valence-electron chi connectivity index (χ0n) is 12.2. The van der Waals surface area contributed by atoms with E-state index in [9.17, 15) is 15.0 Å². The summed E-state index contributed by atoms with van der Waals surface area (Å²) in [6.07, 6.45) is 0.409. The van der Waals surface area contributed by atoms with E-state index in [1.165, 1.54) is 12.6 Å². The van der Waals surface area contributed by atoms with Crippen LogP contribution in [-0.4, -0.2) is 62.9 Å². The van der Waals surface area contributed by atoms with Gasteiger partial charge in [0.1, 0.15) is 24.1 Å². The highest BCUT2D eigenvalue weighted by atomic mass is 16.6. The lowest BCUT2D eigenvalue weighted by molar-refractivity contribution is -0.0549. The van der Waals surface area contributed by atoms with Gasteiger partial charge in [-0.1, -0.05) is 0 Å². The quantitative estimate of drug-likeness (QED) is 0.646. The van der Waals surface area contributed by atoms with E-state index in [0.29, 0.717) is 5.82 Å². The molecule has 4 unspecified atom stereocenters. The van der Waals surface area contributed by atoms with Crippen molar-refractivity contribution in [2.45, 2.75) is 43.8 Å². The molecule has 0 bridgehead atoms. The molecule has 1 aromatic rings. The topological polar surface area (TPSA) is 108 Å². The first-order chi connectivity index (χ1) is 10.6. The second kappa shape index (κ2) is 6.33. The minimum atomic E-state index is -1.28. The van der Waals surface area contributed by atoms with Crippen molar-refractivity contribution in [1.29, 1.82) is 0 Å². The first-order valence-corrected chi connectivity index (χ1v) is 7.58. The average Bonchev–Trinajstić information content (AvgIpc) is 2.83. The summed E-state index contributed by atoms with van der Waals surface area (Å²) < 4.78 is 6.50. The van der Waals surface area contributed by atoms with Crippen molar-refractivity contribution in [3.8, 4) is 0 Å². The molecule has 0 radical (unpaired) electrons. The van der Waals surface area contributed by atoms with Crippen molar-refractivity contribution in [1.82, 2.24) is 9.55 Å². The molecule has 1 aromatic heterocycles. The SMILES string of the molecule is O=c1nc(N2CCCCC2)ccn1C1OC(CO)C(O)C1O. The number of hydrogen-bond donors (Lipinski definition) is 3. The van der Waals surface area contributed by atoms with Gasteiger partial charge in [0.2, 0.25) is 0 Å². The summed E-state index contributed by atoms with van der Waals surface area (Å²) in [6.45, 7) is 1.33. The minimum absolute atomic E-state index is 0.428. The molecular formula is C14H21N3O5. The first-order valence-electron chi connectivity index (χ1n) is 7.58. The average molecular weight is 311 g/mol. The van der Waals surface area contributed by atoms with Gasteiger partial charge < -0.3 is 25.0 Å². The maximum atomic E-state index is 12.2. The third kappa shape index (κ3) is 2.74. The van der Waals surface area contributed by atoms with E-state index in [0.717, 1.165) is 30.5 Å². The van der Waals surface area contributed by atoms with Gasteiger partial charge in [0.25, 0.3) is 0 Å². The molecule has 4 atom stereocenters. The Morgan fingerprint density at radius 3 is 2.55 bits per heavy atom. The van der Waals surface area contributed by atoms with Gasteiger partial charge in [-0.15, -0.1) is 0 Å². The molecule has 0 aliphatic carbocycles. The zero-order chi connectivity index (χ0) is 15.7. The molecule has 0 aromatic carbocycles. The van der Waals surface area contributed by atoms with Crippen molar-refractivity contribution in [2.75, 3.05) is 24.6 Å². The lowest BCUT2D eigenvalue weighted by atomic mass is 10.1. The van der Waals surface area contributed by atoms with Crippen molar-refractivity contribution in [3.05, 3.63) is 22.7 Å². The van der Waals surface area contributed by atoms with Crippen LogP contribution in [0, 0.1) is 0 Å². The van der Waals surface area contributed by atoms with Crippen LogP contribution in [0.2, 0.25) is 0 Å². The lowest BCUT2D eigenvalue weighted by Gasteiger charge is -2.28. The number of aliphatic hydroxyl groups is 3. The summed E-state index contributed by atoms with van der Waals surface area (Å²) in [5.41, 5.74) is -0.544. The summed E-state index contributed by atoms with van der Waals surface area (Å²) >= 11 is 0. The number of rotatable bonds is 3. The number of hydrogen-bond acceptors (Lipinski definition) is 7. The third-order valence-electron chi connectivity index (χ3n) is 4.29. The minimum Gasteiger partial charge on any atom is -0.394 e. The van der Waals surface area contributed by atoms with Crippen LogP contribution in [0.5, 0.6) is 0 Å². The summed E-state index contributed by atoms with van der Waals surface area (Å²) in [5.74, 6) is 0.618. The van der Waals surface area contributed by atoms with E-state index in [-0.39, 0.29) is 0 Å². The molecule has 22 heavy (non-hydrogen) atoms. The fourth-order valence-corrected chi connectivity index (χ4v) is 3.01. The smallest absolute Gasteiger partial charge is 0.351 e. The molecule has 0 amide bonds. The Kier molecular flexibility index (Phi) is 4.44. The van der Waals surface area contributed by atoms with Gasteiger partial charge >= 0.3 is 5.69 Å². The highest BCUT2D eigenvalue weighted by Crippen LogP contribution is 2.28. The molecule has 3 heterocycles. The van der Waals surface area contributed by atoms with E-state index in [4.69, 9.17) is 9.84 Å². The second-order valence-electron chi connectivity index (χ2n) is 5.75. The van der Waals surface area contributed by atoms with Crippen LogP contribution in [0.4, 0.5) is 5.82 Å². The highest BCUT2D eigenvalue weighted by Gasteiger charge is 2.43. The van der Waals surface area contributed by atoms with Crippen LogP contribution < -0.4 is 10.6 Å². The largest absolute Gasteiger partial charge is 0.394 e. The Morgan fingerprint density at radius 1 is 1.23 bits per heavy atom. The van der Waals surface area contributed by atoms with Crippen LogP contribution in [0.15, 0.2) is 17.1 Å². The molecular weight excluding hydrogens is 290 g/mol. The van der Waals surface area contributed by atoms with E-state index in [1.807, 2.05) is 0 Å². The highest BCUT2D eigenvalue weighted by molar-refractivity contribution is 5.36. The maximum Gasteiger partial charge on any atom is 0.351 e. The van der Waals surface area contributed by atoms with Gasteiger partial charge in [-0.2, -0.15) is 4.98 Å². The summed E-state index contributed by atoms with van der Waals surface area (Å²) in [6, 6.07) is 1.71. The predicted molar refractivity (Wildman–Crippen MR) is 77.6 cm³/mol. The van der Waals surface area contributed by atoms with Gasteiger partial charge in [0, 0.05) is 19.3 Å². The molecule has 0 spiro atoms. The van der Waals surface area contributed by atoms with Crippen molar-refractivity contribution in [2.24, 2.45) is 0 Å². The number of piperidine rings is 1. The predicted octanol–water partition coefficient (Wildman–Crippen LogP) is -1.15. The standard InChI is InChI=1S/C14H21N3O5/c18-8-9-11(19)12(20)13(22-9)17-7-4-10(15-14(17)21)16-5-2-1-3-6-16/h4,7,9,11-13,18-20H,1-3,5-6,8H2. The van der Waals surface area contributed by atoms with Crippen molar-refractivity contribution < 1.29 is 20.1 Å². The Hall–Kier alpha value is -1.48. The van der Waals surface area contributed by atoms with Crippen LogP contribution in [0.25, 0.3) is 0 Å². The number of aliphatic hydroxyl groups excluding tert-OH is 3. The van der Waals surface area contributed by atoms with Crippen LogP contribution in [0.1, 0.15) is 25.5 Å². The summed E-state index contributed by atoms with van der Waals surface area (Å²) in [4.78, 5) is 18.3. The molecule has 2 aliphatic heterocycles. The Labute approximate surface area is 127 Å². The van der Waals surface area contributed by atoms with E-state index >= 15 is 0 Å². The van der Waals surface area contributed by atoms with E-state index in [2.05, 4.69) is 9.88 Å². The Morgan fingerprint density at radius 2 is 1.95 bits per heavy atom. The molecule has 8 nitrogen and oxygen atoms in total. The van der Waals surface area contributed by atoms with Gasteiger partial charge in [-0.05, 0) is 25.3 Å². The zero-order valence-corrected chi connectivity index (χ0v) is 12.2. The maximum absolute atomic E-state index is 12.2. The van der Waals surface area contributed by atoms with Gasteiger partial charge in [-0.3, -0.25) is 4.57 Å². The number of nitrogens with zero attached hydrogens (tertiary/aromatic N) is 3. The van der Waals surface area contributed by atoms with Gasteiger partial charge in [0.15, 0.2) is 6.23 Å². The molecule has 8 heteroatoms. The fourth-order valence-electron chi connectivity index (χ4n) is 3.01. The van der Waals surface area contributed by atoms with Crippen LogP contribution in [-0.2, 0) is 4.74 Å². The fraction of sp³-hybridized carbons (Fsp3) is 0.714. The van der Waals surface area contributed by atoms with Crippen LogP contribution in [0.3, 0.4) is 0 Å². The number of ether oxygens (including phenoxy) is 1. The van der Waals surface area contributed by atoms with Crippen molar-refractivity contribution in [3.63, 3.8) is 0 Å². The number of anilines is 1. The monoisotopic (exact) mass is 311 g/mol. The molecule has 0 saturated carbocycles. The molecule has 122 valence electrons.